The third-order valence-electron chi connectivity index (χ3n) is 3.74. The molecule has 3 rings (SSSR count). The van der Waals surface area contributed by atoms with E-state index in [1.54, 1.807) is 12.1 Å². The predicted molar refractivity (Wildman–Crippen MR) is 67.8 cm³/mol. The zero-order chi connectivity index (χ0) is 13.4. The Morgan fingerprint density at radius 3 is 2.84 bits per heavy atom. The first-order valence-electron chi connectivity index (χ1n) is 6.46. The van der Waals surface area contributed by atoms with Gasteiger partial charge in [-0.2, -0.15) is 0 Å². The van der Waals surface area contributed by atoms with Crippen molar-refractivity contribution in [2.75, 3.05) is 0 Å². The minimum atomic E-state index is -0.339. The molecule has 1 aliphatic carbocycles. The van der Waals surface area contributed by atoms with E-state index in [-0.39, 0.29) is 29.8 Å². The summed E-state index contributed by atoms with van der Waals surface area (Å²) < 4.78 is 13.3. The number of Topliss-reactive ketones (excluding diaryl/α,β-unsaturated/α-hetero) is 1. The summed E-state index contributed by atoms with van der Waals surface area (Å²) in [7, 11) is 0. The SMILES string of the molecule is O=C1C[C@@H](c2cccc(F)c2)C2=C(CCCC2=O)N1. The number of carbonyl (C=O) groups excluding carboxylic acids is 2. The monoisotopic (exact) mass is 259 g/mol. The lowest BCUT2D eigenvalue weighted by Gasteiger charge is -2.31. The van der Waals surface area contributed by atoms with Gasteiger partial charge in [0.15, 0.2) is 5.78 Å². The van der Waals surface area contributed by atoms with Crippen LogP contribution >= 0.6 is 0 Å². The Kier molecular flexibility index (Phi) is 2.93. The smallest absolute Gasteiger partial charge is 0.225 e. The molecule has 1 aromatic rings. The van der Waals surface area contributed by atoms with Crippen molar-refractivity contribution in [2.45, 2.75) is 31.6 Å². The van der Waals surface area contributed by atoms with Gasteiger partial charge in [0.25, 0.3) is 0 Å². The molecule has 0 fully saturated rings. The molecular weight excluding hydrogens is 245 g/mol. The fourth-order valence-corrected chi connectivity index (χ4v) is 2.91. The van der Waals surface area contributed by atoms with Crippen molar-refractivity contribution >= 4 is 11.7 Å². The molecule has 0 spiro atoms. The third-order valence-corrected chi connectivity index (χ3v) is 3.74. The van der Waals surface area contributed by atoms with Crippen molar-refractivity contribution in [3.05, 3.63) is 46.9 Å². The summed E-state index contributed by atoms with van der Waals surface area (Å²) >= 11 is 0. The minimum absolute atomic E-state index is 0.0792. The van der Waals surface area contributed by atoms with E-state index in [0.29, 0.717) is 17.6 Å². The molecule has 3 nitrogen and oxygen atoms in total. The summed E-state index contributed by atoms with van der Waals surface area (Å²) in [6.45, 7) is 0. The number of nitrogens with one attached hydrogen (secondary N) is 1. The highest BCUT2D eigenvalue weighted by Gasteiger charge is 2.34. The fraction of sp³-hybridized carbons (Fsp3) is 0.333. The molecule has 1 atom stereocenters. The van der Waals surface area contributed by atoms with Gasteiger partial charge in [-0.25, -0.2) is 4.39 Å². The Labute approximate surface area is 110 Å². The lowest BCUT2D eigenvalue weighted by atomic mass is 9.78. The van der Waals surface area contributed by atoms with Crippen LogP contribution < -0.4 is 5.32 Å². The standard InChI is InChI=1S/C15H14FNO2/c16-10-4-1-3-9(7-10)11-8-14(19)17-12-5-2-6-13(18)15(11)12/h1,3-4,7,11H,2,5-6,8H2,(H,17,19)/t11-/m0/s1. The Bertz CT molecular complexity index is 592. The highest BCUT2D eigenvalue weighted by Crippen LogP contribution is 2.37. The molecule has 0 unspecified atom stereocenters. The maximum atomic E-state index is 13.3. The number of halogens is 1. The Morgan fingerprint density at radius 1 is 1.21 bits per heavy atom. The van der Waals surface area contributed by atoms with E-state index in [4.69, 9.17) is 0 Å². The molecule has 98 valence electrons. The van der Waals surface area contributed by atoms with Crippen molar-refractivity contribution in [1.29, 1.82) is 0 Å². The Hall–Kier alpha value is -1.97. The van der Waals surface area contributed by atoms with Crippen molar-refractivity contribution in [3.8, 4) is 0 Å². The van der Waals surface area contributed by atoms with Gasteiger partial charge in [-0.15, -0.1) is 0 Å². The molecule has 19 heavy (non-hydrogen) atoms. The van der Waals surface area contributed by atoms with Crippen LogP contribution in [-0.4, -0.2) is 11.7 Å². The van der Waals surface area contributed by atoms with Crippen molar-refractivity contribution < 1.29 is 14.0 Å². The van der Waals surface area contributed by atoms with Crippen LogP contribution in [0.2, 0.25) is 0 Å². The molecule has 0 bridgehead atoms. The third kappa shape index (κ3) is 2.18. The molecule has 0 saturated heterocycles. The highest BCUT2D eigenvalue weighted by molar-refractivity contribution is 6.01. The fourth-order valence-electron chi connectivity index (χ4n) is 2.91. The van der Waals surface area contributed by atoms with Gasteiger partial charge in [0, 0.05) is 30.0 Å². The molecule has 1 aromatic carbocycles. The molecule has 4 heteroatoms. The van der Waals surface area contributed by atoms with Gasteiger partial charge < -0.3 is 5.32 Å². The number of carbonyl (C=O) groups is 2. The quantitative estimate of drug-likeness (QED) is 0.842. The van der Waals surface area contributed by atoms with Crippen LogP contribution in [0.1, 0.15) is 37.2 Å². The van der Waals surface area contributed by atoms with Gasteiger partial charge in [0.2, 0.25) is 5.91 Å². The van der Waals surface area contributed by atoms with E-state index in [0.717, 1.165) is 18.5 Å². The summed E-state index contributed by atoms with van der Waals surface area (Å²) in [5.41, 5.74) is 2.12. The Morgan fingerprint density at radius 2 is 2.05 bits per heavy atom. The first kappa shape index (κ1) is 12.1. The zero-order valence-corrected chi connectivity index (χ0v) is 10.4. The maximum Gasteiger partial charge on any atom is 0.225 e. The van der Waals surface area contributed by atoms with Crippen molar-refractivity contribution in [2.24, 2.45) is 0 Å². The van der Waals surface area contributed by atoms with Crippen LogP contribution in [-0.2, 0) is 9.59 Å². The van der Waals surface area contributed by atoms with Gasteiger partial charge in [-0.1, -0.05) is 12.1 Å². The second-order valence-electron chi connectivity index (χ2n) is 5.03. The normalized spacial score (nSPS) is 23.1. The summed E-state index contributed by atoms with van der Waals surface area (Å²) in [6, 6.07) is 6.17. The molecule has 1 amide bonds. The molecule has 1 heterocycles. The molecule has 1 aliphatic heterocycles. The average molecular weight is 259 g/mol. The topological polar surface area (TPSA) is 46.2 Å². The van der Waals surface area contributed by atoms with E-state index in [2.05, 4.69) is 5.32 Å². The summed E-state index contributed by atoms with van der Waals surface area (Å²) in [5, 5.41) is 2.79. The molecular formula is C15H14FNO2. The van der Waals surface area contributed by atoms with E-state index >= 15 is 0 Å². The number of hydrogen-bond acceptors (Lipinski definition) is 2. The largest absolute Gasteiger partial charge is 0.329 e. The van der Waals surface area contributed by atoms with Gasteiger partial charge in [0.1, 0.15) is 5.82 Å². The zero-order valence-electron chi connectivity index (χ0n) is 10.4. The van der Waals surface area contributed by atoms with E-state index in [1.165, 1.54) is 12.1 Å². The number of rotatable bonds is 1. The number of benzene rings is 1. The molecule has 2 aliphatic rings. The molecule has 1 N–H and O–H groups in total. The van der Waals surface area contributed by atoms with Crippen molar-refractivity contribution in [1.82, 2.24) is 5.32 Å². The van der Waals surface area contributed by atoms with Crippen LogP contribution in [0, 0.1) is 5.82 Å². The summed E-state index contributed by atoms with van der Waals surface area (Å²) in [5.74, 6) is -0.653. The van der Waals surface area contributed by atoms with E-state index in [1.807, 2.05) is 0 Å². The highest BCUT2D eigenvalue weighted by atomic mass is 19.1. The average Bonchev–Trinajstić information content (AvgIpc) is 2.37. The molecule has 0 radical (unpaired) electrons. The Balaban J connectivity index is 2.08. The van der Waals surface area contributed by atoms with Gasteiger partial charge in [-0.3, -0.25) is 9.59 Å². The minimum Gasteiger partial charge on any atom is -0.329 e. The molecule has 0 aromatic heterocycles. The number of ketones is 1. The number of allylic oxidation sites excluding steroid dienone is 2. The first-order chi connectivity index (χ1) is 9.15. The van der Waals surface area contributed by atoms with E-state index in [9.17, 15) is 14.0 Å². The van der Waals surface area contributed by atoms with Crippen LogP contribution in [0.25, 0.3) is 0 Å². The van der Waals surface area contributed by atoms with Crippen LogP contribution in [0.4, 0.5) is 4.39 Å². The van der Waals surface area contributed by atoms with Crippen LogP contribution in [0.3, 0.4) is 0 Å². The van der Waals surface area contributed by atoms with Crippen LogP contribution in [0.5, 0.6) is 0 Å². The number of hydrogen-bond donors (Lipinski definition) is 1. The van der Waals surface area contributed by atoms with Gasteiger partial charge in [0.05, 0.1) is 0 Å². The van der Waals surface area contributed by atoms with E-state index < -0.39 is 0 Å². The second-order valence-corrected chi connectivity index (χ2v) is 5.03. The molecule has 0 saturated carbocycles. The van der Waals surface area contributed by atoms with Crippen LogP contribution in [0.15, 0.2) is 35.5 Å². The lowest BCUT2D eigenvalue weighted by molar-refractivity contribution is -0.122. The maximum absolute atomic E-state index is 13.3. The lowest BCUT2D eigenvalue weighted by Crippen LogP contribution is -2.36. The predicted octanol–water partition coefficient (Wildman–Crippen LogP) is 2.44. The second kappa shape index (κ2) is 4.61. The first-order valence-corrected chi connectivity index (χ1v) is 6.46. The van der Waals surface area contributed by atoms with Crippen molar-refractivity contribution in [3.63, 3.8) is 0 Å². The summed E-state index contributed by atoms with van der Waals surface area (Å²) in [6.07, 6.45) is 2.22. The summed E-state index contributed by atoms with van der Waals surface area (Å²) in [4.78, 5) is 23.8. The van der Waals surface area contributed by atoms with Gasteiger partial charge in [-0.05, 0) is 30.5 Å². The van der Waals surface area contributed by atoms with Gasteiger partial charge >= 0.3 is 0 Å². The number of amides is 1.